The van der Waals surface area contributed by atoms with E-state index in [2.05, 4.69) is 22.2 Å². The maximum Gasteiger partial charge on any atom is 0.417 e. The molecule has 5 heteroatoms. The molecular weight excluding hydrogens is 242 g/mol. The van der Waals surface area contributed by atoms with Gasteiger partial charge in [-0.05, 0) is 50.0 Å². The van der Waals surface area contributed by atoms with Crippen LogP contribution in [0.4, 0.5) is 5.69 Å². The first-order chi connectivity index (χ1) is 9.22. The number of hydrogen-bond donors (Lipinski definition) is 2. The number of benzene rings is 1. The zero-order chi connectivity index (χ0) is 13.2. The fraction of sp³-hybridized carbons (Fsp3) is 0.500. The van der Waals surface area contributed by atoms with Gasteiger partial charge in [-0.15, -0.1) is 0 Å². The normalized spacial score (nSPS) is 19.7. The van der Waals surface area contributed by atoms with Crippen molar-refractivity contribution >= 4 is 16.8 Å². The van der Waals surface area contributed by atoms with Crippen LogP contribution in [0.5, 0.6) is 0 Å². The third-order valence-electron chi connectivity index (χ3n) is 3.77. The van der Waals surface area contributed by atoms with Crippen molar-refractivity contribution in [2.45, 2.75) is 12.8 Å². The third-order valence-corrected chi connectivity index (χ3v) is 3.77. The van der Waals surface area contributed by atoms with Crippen molar-refractivity contribution in [3.05, 3.63) is 28.7 Å². The van der Waals surface area contributed by atoms with Crippen LogP contribution in [0, 0.1) is 5.92 Å². The summed E-state index contributed by atoms with van der Waals surface area (Å²) in [7, 11) is 2.09. The van der Waals surface area contributed by atoms with Crippen LogP contribution in [0.25, 0.3) is 11.1 Å². The molecule has 2 heterocycles. The van der Waals surface area contributed by atoms with Crippen LogP contribution in [-0.4, -0.2) is 31.7 Å². The molecule has 2 aromatic rings. The zero-order valence-corrected chi connectivity index (χ0v) is 11.1. The number of fused-ring (bicyclic) bond motifs is 1. The van der Waals surface area contributed by atoms with E-state index >= 15 is 0 Å². The maximum absolute atomic E-state index is 11.1. The standard InChI is InChI=1S/C14H19N3O2/c1-17(9-10-3-2-6-15-8-10)11-4-5-13-12(7-11)16-14(18)19-13/h4-5,7,10,15H,2-3,6,8-9H2,1H3,(H,16,18). The van der Waals surface area contributed by atoms with Gasteiger partial charge < -0.3 is 14.6 Å². The van der Waals surface area contributed by atoms with Gasteiger partial charge in [0.05, 0.1) is 5.52 Å². The number of nitrogens with zero attached hydrogens (tertiary/aromatic N) is 1. The molecule has 5 nitrogen and oxygen atoms in total. The number of hydrogen-bond acceptors (Lipinski definition) is 4. The summed E-state index contributed by atoms with van der Waals surface area (Å²) in [5.74, 6) is 0.295. The van der Waals surface area contributed by atoms with Crippen LogP contribution in [0.2, 0.25) is 0 Å². The first kappa shape index (κ1) is 12.3. The number of nitrogens with one attached hydrogen (secondary N) is 2. The van der Waals surface area contributed by atoms with Crippen molar-refractivity contribution in [3.8, 4) is 0 Å². The van der Waals surface area contributed by atoms with E-state index in [4.69, 9.17) is 4.42 Å². The Hall–Kier alpha value is -1.75. The van der Waals surface area contributed by atoms with Gasteiger partial charge in [-0.2, -0.15) is 0 Å². The zero-order valence-electron chi connectivity index (χ0n) is 11.1. The van der Waals surface area contributed by atoms with Crippen LogP contribution in [-0.2, 0) is 0 Å². The highest BCUT2D eigenvalue weighted by molar-refractivity contribution is 5.77. The Balaban J connectivity index is 1.76. The van der Waals surface area contributed by atoms with E-state index in [0.717, 1.165) is 30.8 Å². The SMILES string of the molecule is CN(CC1CCCNC1)c1ccc2oc(=O)[nH]c2c1. The van der Waals surface area contributed by atoms with Gasteiger partial charge in [0.25, 0.3) is 0 Å². The second-order valence-electron chi connectivity index (χ2n) is 5.29. The molecule has 0 radical (unpaired) electrons. The lowest BCUT2D eigenvalue weighted by Crippen LogP contribution is -2.36. The first-order valence-electron chi connectivity index (χ1n) is 6.77. The Morgan fingerprint density at radius 1 is 1.47 bits per heavy atom. The summed E-state index contributed by atoms with van der Waals surface area (Å²) in [5.41, 5.74) is 2.48. The molecule has 0 aliphatic carbocycles. The van der Waals surface area contributed by atoms with Crippen LogP contribution < -0.4 is 16.0 Å². The average Bonchev–Trinajstić information content (AvgIpc) is 2.78. The van der Waals surface area contributed by atoms with E-state index in [0.29, 0.717) is 11.5 Å². The quantitative estimate of drug-likeness (QED) is 0.880. The van der Waals surface area contributed by atoms with E-state index in [1.165, 1.54) is 12.8 Å². The first-order valence-corrected chi connectivity index (χ1v) is 6.77. The summed E-state index contributed by atoms with van der Waals surface area (Å²) in [6.45, 7) is 3.26. The summed E-state index contributed by atoms with van der Waals surface area (Å²) < 4.78 is 5.01. The van der Waals surface area contributed by atoms with Crippen molar-refractivity contribution in [1.29, 1.82) is 0 Å². The lowest BCUT2D eigenvalue weighted by molar-refractivity contribution is 0.381. The number of oxazole rings is 1. The predicted molar refractivity (Wildman–Crippen MR) is 75.7 cm³/mol. The number of piperidine rings is 1. The number of H-pyrrole nitrogens is 1. The van der Waals surface area contributed by atoms with Gasteiger partial charge in [-0.1, -0.05) is 0 Å². The highest BCUT2D eigenvalue weighted by Gasteiger charge is 2.15. The Morgan fingerprint density at radius 3 is 3.16 bits per heavy atom. The molecule has 1 unspecified atom stereocenters. The highest BCUT2D eigenvalue weighted by atomic mass is 16.4. The molecule has 0 bridgehead atoms. The molecule has 19 heavy (non-hydrogen) atoms. The van der Waals surface area contributed by atoms with Crippen molar-refractivity contribution in [1.82, 2.24) is 10.3 Å². The van der Waals surface area contributed by atoms with Crippen molar-refractivity contribution in [3.63, 3.8) is 0 Å². The molecule has 1 aromatic carbocycles. The third kappa shape index (κ3) is 2.66. The van der Waals surface area contributed by atoms with Gasteiger partial charge >= 0.3 is 5.76 Å². The molecule has 1 atom stereocenters. The topological polar surface area (TPSA) is 61.3 Å². The van der Waals surface area contributed by atoms with Crippen LogP contribution in [0.3, 0.4) is 0 Å². The van der Waals surface area contributed by atoms with E-state index in [1.54, 1.807) is 0 Å². The van der Waals surface area contributed by atoms with Gasteiger partial charge in [0.15, 0.2) is 5.58 Å². The molecule has 1 aliphatic rings. The van der Waals surface area contributed by atoms with Gasteiger partial charge in [0.2, 0.25) is 0 Å². The van der Waals surface area contributed by atoms with Crippen molar-refractivity contribution in [2.75, 3.05) is 31.6 Å². The van der Waals surface area contributed by atoms with E-state index in [-0.39, 0.29) is 0 Å². The summed E-state index contributed by atoms with van der Waals surface area (Å²) in [5, 5.41) is 3.44. The summed E-state index contributed by atoms with van der Waals surface area (Å²) in [6, 6.07) is 5.81. The molecule has 0 amide bonds. The lowest BCUT2D eigenvalue weighted by Gasteiger charge is -2.28. The molecule has 1 saturated heterocycles. The molecule has 1 fully saturated rings. The lowest BCUT2D eigenvalue weighted by atomic mass is 9.99. The summed E-state index contributed by atoms with van der Waals surface area (Å²) >= 11 is 0. The Morgan fingerprint density at radius 2 is 2.37 bits per heavy atom. The van der Waals surface area contributed by atoms with Gasteiger partial charge in [0, 0.05) is 19.3 Å². The number of aromatic amines is 1. The maximum atomic E-state index is 11.1. The largest absolute Gasteiger partial charge is 0.417 e. The van der Waals surface area contributed by atoms with Gasteiger partial charge in [0.1, 0.15) is 0 Å². The van der Waals surface area contributed by atoms with Crippen molar-refractivity contribution < 1.29 is 4.42 Å². The molecule has 102 valence electrons. The van der Waals surface area contributed by atoms with E-state index in [1.807, 2.05) is 18.2 Å². The minimum Gasteiger partial charge on any atom is -0.408 e. The smallest absolute Gasteiger partial charge is 0.408 e. The van der Waals surface area contributed by atoms with Crippen LogP contribution >= 0.6 is 0 Å². The molecule has 0 saturated carbocycles. The second-order valence-corrected chi connectivity index (χ2v) is 5.29. The van der Waals surface area contributed by atoms with E-state index in [9.17, 15) is 4.79 Å². The Labute approximate surface area is 111 Å². The second kappa shape index (κ2) is 5.09. The molecular formula is C14H19N3O2. The molecule has 2 N–H and O–H groups in total. The highest BCUT2D eigenvalue weighted by Crippen LogP contribution is 2.21. The molecule has 3 rings (SSSR count). The molecule has 1 aromatic heterocycles. The van der Waals surface area contributed by atoms with E-state index < -0.39 is 5.76 Å². The Bertz CT molecular complexity index is 610. The fourth-order valence-electron chi connectivity index (χ4n) is 2.75. The fourth-order valence-corrected chi connectivity index (χ4v) is 2.75. The molecule has 1 aliphatic heterocycles. The monoisotopic (exact) mass is 261 g/mol. The number of rotatable bonds is 3. The average molecular weight is 261 g/mol. The minimum absolute atomic E-state index is 0.397. The van der Waals surface area contributed by atoms with Gasteiger partial charge in [-0.3, -0.25) is 4.98 Å². The Kier molecular flexibility index (Phi) is 3.29. The van der Waals surface area contributed by atoms with Gasteiger partial charge in [-0.25, -0.2) is 4.79 Å². The number of aromatic nitrogens is 1. The molecule has 0 spiro atoms. The minimum atomic E-state index is -0.397. The summed E-state index contributed by atoms with van der Waals surface area (Å²) in [6.07, 6.45) is 2.54. The van der Waals surface area contributed by atoms with Crippen molar-refractivity contribution in [2.24, 2.45) is 5.92 Å². The number of anilines is 1. The van der Waals surface area contributed by atoms with Crippen LogP contribution in [0.15, 0.2) is 27.4 Å². The summed E-state index contributed by atoms with van der Waals surface area (Å²) in [4.78, 5) is 16.1. The predicted octanol–water partition coefficient (Wildman–Crippen LogP) is 1.56. The van der Waals surface area contributed by atoms with Crippen LogP contribution in [0.1, 0.15) is 12.8 Å².